The molecule has 3 aromatic rings. The van der Waals surface area contributed by atoms with Gasteiger partial charge in [0.05, 0.1) is 6.07 Å². The van der Waals surface area contributed by atoms with Gasteiger partial charge in [-0.15, -0.1) is 0 Å². The molecule has 4 rings (SSSR count). The number of benzene rings is 1. The van der Waals surface area contributed by atoms with Crippen molar-refractivity contribution < 1.29 is 9.53 Å². The standard InChI is InChI=1S/C22H22ClN7O2/c1-14-11-25-22(27-17-5-7-32-8-6-17)29-20(14)30-12-19(26-13-30)21(31)28-18(10-24)15-3-2-4-16(23)9-15/h2-4,9,11-13,17-18H,5-8H2,1H3,(H,28,31)(H,25,27,29). The number of rotatable bonds is 6. The molecule has 0 spiro atoms. The van der Waals surface area contributed by atoms with Crippen molar-refractivity contribution in [2.75, 3.05) is 18.5 Å². The van der Waals surface area contributed by atoms with Crippen LogP contribution in [0.1, 0.15) is 40.5 Å². The molecule has 9 nitrogen and oxygen atoms in total. The summed E-state index contributed by atoms with van der Waals surface area (Å²) in [5.74, 6) is 0.665. The molecule has 3 heterocycles. The van der Waals surface area contributed by atoms with Crippen LogP contribution in [0.4, 0.5) is 5.95 Å². The SMILES string of the molecule is Cc1cnc(NC2CCOCC2)nc1-n1cnc(C(=O)NC(C#N)c2cccc(Cl)c2)c1. The maximum Gasteiger partial charge on any atom is 0.272 e. The summed E-state index contributed by atoms with van der Waals surface area (Å²) >= 11 is 6.00. The molecule has 164 valence electrons. The molecule has 32 heavy (non-hydrogen) atoms. The normalized spacial score (nSPS) is 15.0. The first-order valence-electron chi connectivity index (χ1n) is 10.2. The summed E-state index contributed by atoms with van der Waals surface area (Å²) in [5.41, 5.74) is 1.60. The van der Waals surface area contributed by atoms with E-state index in [2.05, 4.69) is 31.7 Å². The van der Waals surface area contributed by atoms with E-state index in [1.165, 1.54) is 6.33 Å². The minimum Gasteiger partial charge on any atom is -0.381 e. The molecule has 0 bridgehead atoms. The first kappa shape index (κ1) is 21.7. The van der Waals surface area contributed by atoms with Gasteiger partial charge in [-0.2, -0.15) is 10.2 Å². The molecule has 1 aliphatic heterocycles. The van der Waals surface area contributed by atoms with E-state index in [-0.39, 0.29) is 11.7 Å². The Kier molecular flexibility index (Phi) is 6.63. The van der Waals surface area contributed by atoms with Crippen molar-refractivity contribution in [3.05, 3.63) is 64.8 Å². The van der Waals surface area contributed by atoms with Crippen LogP contribution in [-0.4, -0.2) is 44.7 Å². The Balaban J connectivity index is 1.49. The Labute approximate surface area is 190 Å². The Hall–Kier alpha value is -3.48. The predicted molar refractivity (Wildman–Crippen MR) is 119 cm³/mol. The van der Waals surface area contributed by atoms with E-state index in [1.54, 1.807) is 41.2 Å². The van der Waals surface area contributed by atoms with Crippen LogP contribution in [-0.2, 0) is 4.74 Å². The maximum atomic E-state index is 12.7. The molecule has 1 aliphatic rings. The number of ether oxygens (including phenoxy) is 1. The molecule has 2 aromatic heterocycles. The lowest BCUT2D eigenvalue weighted by atomic mass is 10.1. The second-order valence-corrected chi connectivity index (χ2v) is 7.92. The fourth-order valence-electron chi connectivity index (χ4n) is 3.43. The number of nitrogens with one attached hydrogen (secondary N) is 2. The van der Waals surface area contributed by atoms with Gasteiger partial charge in [-0.25, -0.2) is 9.97 Å². The highest BCUT2D eigenvalue weighted by Crippen LogP contribution is 2.19. The number of nitrogens with zero attached hydrogens (tertiary/aromatic N) is 5. The van der Waals surface area contributed by atoms with Gasteiger partial charge in [0.1, 0.15) is 23.9 Å². The number of hydrogen-bond acceptors (Lipinski definition) is 7. The van der Waals surface area contributed by atoms with Gasteiger partial charge in [-0.1, -0.05) is 23.7 Å². The minimum absolute atomic E-state index is 0.171. The quantitative estimate of drug-likeness (QED) is 0.590. The number of imidazole rings is 1. The predicted octanol–water partition coefficient (Wildman–Crippen LogP) is 3.21. The molecule has 1 atom stereocenters. The highest BCUT2D eigenvalue weighted by atomic mass is 35.5. The summed E-state index contributed by atoms with van der Waals surface area (Å²) in [6.45, 7) is 3.32. The number of amides is 1. The number of aromatic nitrogens is 4. The summed E-state index contributed by atoms with van der Waals surface area (Å²) < 4.78 is 7.06. The van der Waals surface area contributed by atoms with Gasteiger partial charge in [-0.3, -0.25) is 9.36 Å². The third-order valence-corrected chi connectivity index (χ3v) is 5.38. The fourth-order valence-corrected chi connectivity index (χ4v) is 3.62. The van der Waals surface area contributed by atoms with Crippen LogP contribution < -0.4 is 10.6 Å². The fraction of sp³-hybridized carbons (Fsp3) is 0.318. The number of aryl methyl sites for hydroxylation is 1. The molecule has 0 saturated carbocycles. The number of carbonyl (C=O) groups excluding carboxylic acids is 1. The summed E-state index contributed by atoms with van der Waals surface area (Å²) in [6, 6.07) is 8.31. The molecule has 1 unspecified atom stereocenters. The van der Waals surface area contributed by atoms with Gasteiger partial charge in [0, 0.05) is 42.2 Å². The summed E-state index contributed by atoms with van der Waals surface area (Å²) in [7, 11) is 0. The maximum absolute atomic E-state index is 12.7. The zero-order valence-electron chi connectivity index (χ0n) is 17.5. The second kappa shape index (κ2) is 9.77. The van der Waals surface area contributed by atoms with Crippen molar-refractivity contribution >= 4 is 23.5 Å². The Morgan fingerprint density at radius 2 is 2.16 bits per heavy atom. The van der Waals surface area contributed by atoms with Crippen molar-refractivity contribution in [1.29, 1.82) is 5.26 Å². The van der Waals surface area contributed by atoms with Crippen LogP contribution in [0, 0.1) is 18.3 Å². The van der Waals surface area contributed by atoms with E-state index in [0.717, 1.165) is 31.6 Å². The van der Waals surface area contributed by atoms with E-state index in [1.807, 2.05) is 6.92 Å². The van der Waals surface area contributed by atoms with Gasteiger partial charge < -0.3 is 15.4 Å². The third-order valence-electron chi connectivity index (χ3n) is 5.15. The first-order valence-corrected chi connectivity index (χ1v) is 10.6. The molecular weight excluding hydrogens is 430 g/mol. The molecule has 0 aliphatic carbocycles. The van der Waals surface area contributed by atoms with Crippen LogP contribution in [0.2, 0.25) is 5.02 Å². The smallest absolute Gasteiger partial charge is 0.272 e. The number of halogens is 1. The first-order chi connectivity index (χ1) is 15.5. The van der Waals surface area contributed by atoms with Crippen molar-refractivity contribution in [3.63, 3.8) is 0 Å². The van der Waals surface area contributed by atoms with Crippen LogP contribution in [0.5, 0.6) is 0 Å². The number of anilines is 1. The average molecular weight is 452 g/mol. The van der Waals surface area contributed by atoms with Crippen molar-refractivity contribution in [3.8, 4) is 11.9 Å². The van der Waals surface area contributed by atoms with E-state index < -0.39 is 11.9 Å². The molecule has 1 fully saturated rings. The van der Waals surface area contributed by atoms with Crippen LogP contribution >= 0.6 is 11.6 Å². The van der Waals surface area contributed by atoms with Crippen molar-refractivity contribution in [1.82, 2.24) is 24.8 Å². The van der Waals surface area contributed by atoms with E-state index in [0.29, 0.717) is 22.4 Å². The monoisotopic (exact) mass is 451 g/mol. The Bertz CT molecular complexity index is 1150. The molecule has 0 radical (unpaired) electrons. The van der Waals surface area contributed by atoms with Crippen LogP contribution in [0.15, 0.2) is 43.0 Å². The number of nitriles is 1. The van der Waals surface area contributed by atoms with Crippen molar-refractivity contribution in [2.45, 2.75) is 31.8 Å². The molecule has 10 heteroatoms. The van der Waals surface area contributed by atoms with Crippen molar-refractivity contribution in [2.24, 2.45) is 0 Å². The van der Waals surface area contributed by atoms with Crippen LogP contribution in [0.25, 0.3) is 5.82 Å². The zero-order valence-corrected chi connectivity index (χ0v) is 18.2. The molecule has 2 N–H and O–H groups in total. The lowest BCUT2D eigenvalue weighted by Crippen LogP contribution is -2.28. The highest BCUT2D eigenvalue weighted by molar-refractivity contribution is 6.30. The van der Waals surface area contributed by atoms with Gasteiger partial charge >= 0.3 is 0 Å². The second-order valence-electron chi connectivity index (χ2n) is 7.49. The molecule has 1 aromatic carbocycles. The average Bonchev–Trinajstić information content (AvgIpc) is 3.29. The van der Waals surface area contributed by atoms with Gasteiger partial charge in [0.15, 0.2) is 0 Å². The topological polar surface area (TPSA) is 118 Å². The third kappa shape index (κ3) is 5.04. The molecule has 1 amide bonds. The largest absolute Gasteiger partial charge is 0.381 e. The Morgan fingerprint density at radius 3 is 2.91 bits per heavy atom. The van der Waals surface area contributed by atoms with Crippen LogP contribution in [0.3, 0.4) is 0 Å². The highest BCUT2D eigenvalue weighted by Gasteiger charge is 2.19. The molecular formula is C22H22ClN7O2. The summed E-state index contributed by atoms with van der Waals surface area (Å²) in [6.07, 6.45) is 6.62. The summed E-state index contributed by atoms with van der Waals surface area (Å²) in [4.78, 5) is 25.9. The molecule has 1 saturated heterocycles. The van der Waals surface area contributed by atoms with Gasteiger partial charge in [-0.05, 0) is 37.5 Å². The minimum atomic E-state index is -0.845. The number of carbonyl (C=O) groups is 1. The lowest BCUT2D eigenvalue weighted by Gasteiger charge is -2.23. The Morgan fingerprint density at radius 1 is 1.34 bits per heavy atom. The summed E-state index contributed by atoms with van der Waals surface area (Å²) in [5, 5.41) is 16.0. The van der Waals surface area contributed by atoms with Gasteiger partial charge in [0.25, 0.3) is 5.91 Å². The zero-order chi connectivity index (χ0) is 22.5. The van der Waals surface area contributed by atoms with Gasteiger partial charge in [0.2, 0.25) is 5.95 Å². The lowest BCUT2D eigenvalue weighted by molar-refractivity contribution is 0.0903. The van der Waals surface area contributed by atoms with E-state index in [9.17, 15) is 10.1 Å². The van der Waals surface area contributed by atoms with E-state index in [4.69, 9.17) is 16.3 Å². The number of hydrogen-bond donors (Lipinski definition) is 2. The van der Waals surface area contributed by atoms with E-state index >= 15 is 0 Å².